The Balaban J connectivity index is 2.06. The lowest BCUT2D eigenvalue weighted by molar-refractivity contribution is 0.0767. The fraction of sp³-hybridized carbons (Fsp3) is 0.500. The van der Waals surface area contributed by atoms with E-state index in [-0.39, 0.29) is 5.91 Å². The molecule has 1 aromatic heterocycles. The lowest BCUT2D eigenvalue weighted by Gasteiger charge is -2.18. The minimum Gasteiger partial charge on any atom is -0.337 e. The van der Waals surface area contributed by atoms with Crippen molar-refractivity contribution >= 4 is 39.8 Å². The third kappa shape index (κ3) is 2.92. The van der Waals surface area contributed by atoms with E-state index < -0.39 is 0 Å². The van der Waals surface area contributed by atoms with E-state index >= 15 is 0 Å². The summed E-state index contributed by atoms with van der Waals surface area (Å²) in [5.74, 6) is 0.179. The van der Waals surface area contributed by atoms with E-state index in [1.54, 1.807) is 11.3 Å². The average Bonchev–Trinajstić information content (AvgIpc) is 2.53. The van der Waals surface area contributed by atoms with Crippen molar-refractivity contribution in [2.24, 2.45) is 0 Å². The molecule has 15 heavy (non-hydrogen) atoms. The smallest absolute Gasteiger partial charge is 0.254 e. The monoisotopic (exact) mass is 336 g/mol. The van der Waals surface area contributed by atoms with Crippen molar-refractivity contribution in [3.8, 4) is 0 Å². The maximum atomic E-state index is 12.1. The molecule has 1 fully saturated rings. The molecular weight excluding hydrogens is 323 g/mol. The van der Waals surface area contributed by atoms with Gasteiger partial charge < -0.3 is 10.2 Å². The average molecular weight is 336 g/mol. The van der Waals surface area contributed by atoms with Gasteiger partial charge in [0.2, 0.25) is 0 Å². The number of thiophene rings is 1. The molecule has 3 nitrogen and oxygen atoms in total. The molecule has 1 aliphatic rings. The number of carbonyl (C=O) groups excluding carboxylic acids is 1. The normalized spacial score (nSPS) is 17.5. The zero-order valence-corrected chi connectivity index (χ0v) is 11.3. The number of carbonyl (C=O) groups is 1. The first-order valence-electron chi connectivity index (χ1n) is 5.01. The van der Waals surface area contributed by atoms with E-state index in [4.69, 9.17) is 0 Å². The largest absolute Gasteiger partial charge is 0.337 e. The number of rotatable bonds is 1. The van der Waals surface area contributed by atoms with Crippen LogP contribution in [-0.4, -0.2) is 37.0 Å². The van der Waals surface area contributed by atoms with Crippen LogP contribution in [0.25, 0.3) is 0 Å². The Morgan fingerprint density at radius 1 is 1.47 bits per heavy atom. The fourth-order valence-corrected chi connectivity index (χ4v) is 2.97. The van der Waals surface area contributed by atoms with Crippen molar-refractivity contribution in [1.82, 2.24) is 10.2 Å². The molecule has 1 amide bonds. The first-order valence-corrected chi connectivity index (χ1v) is 6.97. The minimum absolute atomic E-state index is 0.179. The molecule has 5 heteroatoms. The van der Waals surface area contributed by atoms with Gasteiger partial charge in [0, 0.05) is 25.0 Å². The molecule has 1 saturated heterocycles. The van der Waals surface area contributed by atoms with Crippen molar-refractivity contribution in [2.45, 2.75) is 6.42 Å². The molecule has 1 aliphatic heterocycles. The van der Waals surface area contributed by atoms with Crippen molar-refractivity contribution in [2.75, 3.05) is 26.2 Å². The van der Waals surface area contributed by atoms with Crippen LogP contribution < -0.4 is 5.32 Å². The van der Waals surface area contributed by atoms with Crippen LogP contribution in [-0.2, 0) is 0 Å². The quantitative estimate of drug-likeness (QED) is 0.793. The highest BCUT2D eigenvalue weighted by atomic mass is 127. The Morgan fingerprint density at radius 3 is 3.07 bits per heavy atom. The molecule has 0 unspecified atom stereocenters. The van der Waals surface area contributed by atoms with Crippen LogP contribution >= 0.6 is 33.9 Å². The summed E-state index contributed by atoms with van der Waals surface area (Å²) < 4.78 is 1.17. The molecule has 0 aliphatic carbocycles. The van der Waals surface area contributed by atoms with Crippen LogP contribution in [0.2, 0.25) is 0 Å². The van der Waals surface area contributed by atoms with E-state index in [0.29, 0.717) is 0 Å². The van der Waals surface area contributed by atoms with Gasteiger partial charge in [-0.05, 0) is 41.6 Å². The second-order valence-corrected chi connectivity index (χ2v) is 6.34. The summed E-state index contributed by atoms with van der Waals surface area (Å²) >= 11 is 3.87. The predicted molar refractivity (Wildman–Crippen MR) is 70.4 cm³/mol. The molecule has 0 spiro atoms. The second kappa shape index (κ2) is 5.27. The van der Waals surface area contributed by atoms with E-state index in [0.717, 1.165) is 38.2 Å². The maximum absolute atomic E-state index is 12.1. The van der Waals surface area contributed by atoms with Gasteiger partial charge in [-0.3, -0.25) is 4.79 Å². The van der Waals surface area contributed by atoms with Gasteiger partial charge in [-0.2, -0.15) is 0 Å². The summed E-state index contributed by atoms with van der Waals surface area (Å²) in [4.78, 5) is 14.0. The van der Waals surface area contributed by atoms with Crippen molar-refractivity contribution in [3.05, 3.63) is 19.9 Å². The summed E-state index contributed by atoms with van der Waals surface area (Å²) in [6.07, 6.45) is 1.05. The third-order valence-electron chi connectivity index (χ3n) is 2.44. The number of hydrogen-bond acceptors (Lipinski definition) is 3. The van der Waals surface area contributed by atoms with Crippen LogP contribution in [0.1, 0.15) is 16.8 Å². The molecule has 2 heterocycles. The Kier molecular flexibility index (Phi) is 3.99. The SMILES string of the molecule is O=C(c1csc(I)c1)N1CCCNCC1. The van der Waals surface area contributed by atoms with Gasteiger partial charge in [-0.25, -0.2) is 0 Å². The minimum atomic E-state index is 0.179. The Morgan fingerprint density at radius 2 is 2.33 bits per heavy atom. The number of halogens is 1. The first-order chi connectivity index (χ1) is 7.27. The van der Waals surface area contributed by atoms with Crippen LogP contribution in [0.15, 0.2) is 11.4 Å². The van der Waals surface area contributed by atoms with E-state index in [1.807, 2.05) is 16.3 Å². The van der Waals surface area contributed by atoms with Crippen LogP contribution in [0.5, 0.6) is 0 Å². The number of nitrogens with zero attached hydrogens (tertiary/aromatic N) is 1. The molecule has 0 bridgehead atoms. The predicted octanol–water partition coefficient (Wildman–Crippen LogP) is 1.79. The zero-order valence-electron chi connectivity index (χ0n) is 8.33. The molecule has 0 atom stereocenters. The lowest BCUT2D eigenvalue weighted by atomic mass is 10.3. The van der Waals surface area contributed by atoms with Gasteiger partial charge in [-0.15, -0.1) is 11.3 Å². The van der Waals surface area contributed by atoms with Crippen LogP contribution in [0.4, 0.5) is 0 Å². The Labute approximate surface area is 107 Å². The zero-order chi connectivity index (χ0) is 10.7. The molecule has 0 saturated carbocycles. The molecule has 0 radical (unpaired) electrons. The topological polar surface area (TPSA) is 32.3 Å². The fourth-order valence-electron chi connectivity index (χ4n) is 1.65. The highest BCUT2D eigenvalue weighted by Crippen LogP contribution is 2.18. The van der Waals surface area contributed by atoms with Crippen molar-refractivity contribution < 1.29 is 4.79 Å². The van der Waals surface area contributed by atoms with E-state index in [1.165, 1.54) is 2.88 Å². The molecular formula is C10H13IN2OS. The Bertz CT molecular complexity index is 345. The highest BCUT2D eigenvalue weighted by molar-refractivity contribution is 14.1. The number of amides is 1. The van der Waals surface area contributed by atoms with Crippen LogP contribution in [0, 0.1) is 2.88 Å². The van der Waals surface area contributed by atoms with Gasteiger partial charge in [0.05, 0.1) is 8.45 Å². The molecule has 2 rings (SSSR count). The van der Waals surface area contributed by atoms with E-state index in [9.17, 15) is 4.79 Å². The summed E-state index contributed by atoms with van der Waals surface area (Å²) in [5.41, 5.74) is 0.839. The molecule has 1 N–H and O–H groups in total. The molecule has 0 aromatic carbocycles. The number of hydrogen-bond donors (Lipinski definition) is 1. The Hall–Kier alpha value is -0.140. The van der Waals surface area contributed by atoms with Gasteiger partial charge in [0.1, 0.15) is 0 Å². The van der Waals surface area contributed by atoms with Gasteiger partial charge in [0.25, 0.3) is 5.91 Å². The highest BCUT2D eigenvalue weighted by Gasteiger charge is 2.17. The summed E-state index contributed by atoms with van der Waals surface area (Å²) in [5, 5.41) is 5.24. The van der Waals surface area contributed by atoms with E-state index in [2.05, 4.69) is 27.9 Å². The van der Waals surface area contributed by atoms with Crippen molar-refractivity contribution in [1.29, 1.82) is 0 Å². The van der Waals surface area contributed by atoms with Gasteiger partial charge >= 0.3 is 0 Å². The molecule has 82 valence electrons. The summed E-state index contributed by atoms with van der Waals surface area (Å²) in [6.45, 7) is 3.63. The first kappa shape index (κ1) is 11.3. The van der Waals surface area contributed by atoms with Gasteiger partial charge in [0.15, 0.2) is 0 Å². The molecule has 1 aromatic rings. The number of nitrogens with one attached hydrogen (secondary N) is 1. The lowest BCUT2D eigenvalue weighted by Crippen LogP contribution is -2.33. The summed E-state index contributed by atoms with van der Waals surface area (Å²) in [7, 11) is 0. The standard InChI is InChI=1S/C10H13IN2OS/c11-9-6-8(7-15-9)10(14)13-4-1-2-12-3-5-13/h6-7,12H,1-5H2. The van der Waals surface area contributed by atoms with Gasteiger partial charge in [-0.1, -0.05) is 0 Å². The van der Waals surface area contributed by atoms with Crippen LogP contribution in [0.3, 0.4) is 0 Å². The van der Waals surface area contributed by atoms with Crippen molar-refractivity contribution in [3.63, 3.8) is 0 Å². The summed E-state index contributed by atoms with van der Waals surface area (Å²) in [6, 6.07) is 1.96. The second-order valence-electron chi connectivity index (χ2n) is 3.54. The third-order valence-corrected chi connectivity index (χ3v) is 4.23. The maximum Gasteiger partial charge on any atom is 0.254 e.